The number of rotatable bonds is 5. The van der Waals surface area contributed by atoms with Gasteiger partial charge in [-0.2, -0.15) is 0 Å². The number of aliphatic imine (C=N–C) groups is 1. The van der Waals surface area contributed by atoms with Gasteiger partial charge in [0.25, 0.3) is 0 Å². The standard InChI is InChI=1S/C19H20N4OS.HI/c1-13-18(25-14(2)22-13)12-21-19(20)23-15-7-6-10-17(11-15)24-16-8-4-3-5-9-16;/h3-11H,12H2,1-2H3,(H3,20,21,23);1H. The minimum absolute atomic E-state index is 0. The highest BCUT2D eigenvalue weighted by Gasteiger charge is 2.04. The minimum Gasteiger partial charge on any atom is -0.457 e. The van der Waals surface area contributed by atoms with Crippen LogP contribution < -0.4 is 15.8 Å². The van der Waals surface area contributed by atoms with E-state index in [0.29, 0.717) is 12.5 Å². The number of aromatic nitrogens is 1. The molecule has 0 amide bonds. The van der Waals surface area contributed by atoms with E-state index in [4.69, 9.17) is 10.5 Å². The Morgan fingerprint density at radius 3 is 2.54 bits per heavy atom. The second-order valence-electron chi connectivity index (χ2n) is 5.51. The monoisotopic (exact) mass is 480 g/mol. The van der Waals surface area contributed by atoms with Crippen LogP contribution in [-0.4, -0.2) is 10.9 Å². The average molecular weight is 480 g/mol. The largest absolute Gasteiger partial charge is 0.457 e. The molecule has 0 aliphatic heterocycles. The van der Waals surface area contributed by atoms with E-state index in [1.165, 1.54) is 0 Å². The summed E-state index contributed by atoms with van der Waals surface area (Å²) in [4.78, 5) is 9.91. The van der Waals surface area contributed by atoms with Crippen LogP contribution in [0.3, 0.4) is 0 Å². The first kappa shape index (κ1) is 20.2. The Labute approximate surface area is 174 Å². The molecular formula is C19H21IN4OS. The zero-order chi connectivity index (χ0) is 17.6. The summed E-state index contributed by atoms with van der Waals surface area (Å²) in [7, 11) is 0. The minimum atomic E-state index is 0. The predicted octanol–water partition coefficient (Wildman–Crippen LogP) is 5.10. The molecule has 0 spiro atoms. The van der Waals surface area contributed by atoms with Crippen molar-refractivity contribution in [3.63, 3.8) is 0 Å². The third-order valence-electron chi connectivity index (χ3n) is 3.48. The molecule has 2 aromatic carbocycles. The van der Waals surface area contributed by atoms with Crippen molar-refractivity contribution in [1.29, 1.82) is 0 Å². The van der Waals surface area contributed by atoms with E-state index in [9.17, 15) is 0 Å². The van der Waals surface area contributed by atoms with Gasteiger partial charge in [0.1, 0.15) is 11.5 Å². The molecule has 3 aromatic rings. The lowest BCUT2D eigenvalue weighted by molar-refractivity contribution is 0.483. The number of ether oxygens (including phenoxy) is 1. The second kappa shape index (κ2) is 9.54. The molecular weight excluding hydrogens is 459 g/mol. The molecule has 0 aliphatic rings. The number of benzene rings is 2. The number of thiazole rings is 1. The van der Waals surface area contributed by atoms with Gasteiger partial charge in [0.2, 0.25) is 0 Å². The van der Waals surface area contributed by atoms with Crippen LogP contribution in [0.5, 0.6) is 11.5 Å². The maximum absolute atomic E-state index is 6.00. The van der Waals surface area contributed by atoms with E-state index < -0.39 is 0 Å². The van der Waals surface area contributed by atoms with Gasteiger partial charge in [0.15, 0.2) is 5.96 Å². The van der Waals surface area contributed by atoms with Crippen molar-refractivity contribution in [3.8, 4) is 11.5 Å². The Balaban J connectivity index is 0.00000243. The van der Waals surface area contributed by atoms with Crippen molar-refractivity contribution in [2.24, 2.45) is 10.7 Å². The summed E-state index contributed by atoms with van der Waals surface area (Å²) in [5.74, 6) is 1.89. The lowest BCUT2D eigenvalue weighted by atomic mass is 10.3. The number of hydrogen-bond donors (Lipinski definition) is 2. The van der Waals surface area contributed by atoms with Crippen molar-refractivity contribution in [3.05, 3.63) is 70.2 Å². The van der Waals surface area contributed by atoms with Crippen LogP contribution in [0, 0.1) is 13.8 Å². The average Bonchev–Trinajstić information content (AvgIpc) is 2.92. The molecule has 1 heterocycles. The molecule has 0 saturated carbocycles. The summed E-state index contributed by atoms with van der Waals surface area (Å²) in [5, 5.41) is 4.14. The van der Waals surface area contributed by atoms with E-state index >= 15 is 0 Å². The van der Waals surface area contributed by atoms with Crippen LogP contribution in [0.15, 0.2) is 59.6 Å². The van der Waals surface area contributed by atoms with Crippen LogP contribution in [0.25, 0.3) is 0 Å². The van der Waals surface area contributed by atoms with E-state index in [-0.39, 0.29) is 24.0 Å². The summed E-state index contributed by atoms with van der Waals surface area (Å²) in [6.07, 6.45) is 0. The number of nitrogens with two attached hydrogens (primary N) is 1. The number of anilines is 1. The van der Waals surface area contributed by atoms with Crippen molar-refractivity contribution in [2.45, 2.75) is 20.4 Å². The summed E-state index contributed by atoms with van der Waals surface area (Å²) in [6, 6.07) is 17.3. The van der Waals surface area contributed by atoms with Crippen LogP contribution in [0.1, 0.15) is 15.6 Å². The van der Waals surface area contributed by atoms with Crippen molar-refractivity contribution in [1.82, 2.24) is 4.98 Å². The zero-order valence-electron chi connectivity index (χ0n) is 14.6. The van der Waals surface area contributed by atoms with Crippen LogP contribution in [0.4, 0.5) is 5.69 Å². The van der Waals surface area contributed by atoms with Gasteiger partial charge < -0.3 is 15.8 Å². The van der Waals surface area contributed by atoms with Gasteiger partial charge in [0.05, 0.1) is 17.2 Å². The number of halogens is 1. The first-order valence-electron chi connectivity index (χ1n) is 7.93. The Morgan fingerprint density at radius 2 is 1.85 bits per heavy atom. The lowest BCUT2D eigenvalue weighted by Crippen LogP contribution is -2.22. The Kier molecular flexibility index (Phi) is 7.40. The molecule has 0 saturated heterocycles. The molecule has 0 radical (unpaired) electrons. The summed E-state index contributed by atoms with van der Waals surface area (Å²) < 4.78 is 5.82. The highest BCUT2D eigenvalue weighted by molar-refractivity contribution is 14.0. The van der Waals surface area contributed by atoms with Gasteiger partial charge in [-0.05, 0) is 38.1 Å². The van der Waals surface area contributed by atoms with Crippen molar-refractivity contribution in [2.75, 3.05) is 5.32 Å². The lowest BCUT2D eigenvalue weighted by Gasteiger charge is -2.09. The Morgan fingerprint density at radius 1 is 1.12 bits per heavy atom. The highest BCUT2D eigenvalue weighted by atomic mass is 127. The second-order valence-corrected chi connectivity index (χ2v) is 6.80. The van der Waals surface area contributed by atoms with E-state index in [2.05, 4.69) is 15.3 Å². The van der Waals surface area contributed by atoms with Gasteiger partial charge >= 0.3 is 0 Å². The Hall–Kier alpha value is -2.13. The Bertz CT molecular complexity index is 880. The molecule has 0 bridgehead atoms. The van der Waals surface area contributed by atoms with E-state index in [1.54, 1.807) is 11.3 Å². The first-order chi connectivity index (χ1) is 12.1. The molecule has 3 rings (SSSR count). The molecule has 7 heteroatoms. The number of nitrogens with one attached hydrogen (secondary N) is 1. The number of guanidine groups is 1. The third-order valence-corrected chi connectivity index (χ3v) is 4.54. The molecule has 0 fully saturated rings. The quantitative estimate of drug-likeness (QED) is 0.303. The summed E-state index contributed by atoms with van der Waals surface area (Å²) in [5.41, 5.74) is 7.83. The first-order valence-corrected chi connectivity index (χ1v) is 8.74. The summed E-state index contributed by atoms with van der Waals surface area (Å²) in [6.45, 7) is 4.50. The molecule has 3 N–H and O–H groups in total. The molecule has 136 valence electrons. The van der Waals surface area contributed by atoms with Gasteiger partial charge in [-0.15, -0.1) is 35.3 Å². The van der Waals surface area contributed by atoms with Crippen LogP contribution >= 0.6 is 35.3 Å². The third kappa shape index (κ3) is 5.70. The fourth-order valence-corrected chi connectivity index (χ4v) is 3.19. The summed E-state index contributed by atoms with van der Waals surface area (Å²) >= 11 is 1.64. The maximum Gasteiger partial charge on any atom is 0.193 e. The molecule has 1 aromatic heterocycles. The fourth-order valence-electron chi connectivity index (χ4n) is 2.33. The number of hydrogen-bond acceptors (Lipinski definition) is 4. The van der Waals surface area contributed by atoms with Crippen molar-refractivity contribution < 1.29 is 4.74 Å². The number of para-hydroxylation sites is 1. The van der Waals surface area contributed by atoms with Gasteiger partial charge in [-0.25, -0.2) is 9.98 Å². The van der Waals surface area contributed by atoms with Crippen LogP contribution in [-0.2, 0) is 6.54 Å². The topological polar surface area (TPSA) is 72.5 Å². The van der Waals surface area contributed by atoms with E-state index in [0.717, 1.165) is 32.8 Å². The number of aryl methyl sites for hydroxylation is 2. The molecule has 26 heavy (non-hydrogen) atoms. The zero-order valence-corrected chi connectivity index (χ0v) is 17.7. The molecule has 0 atom stereocenters. The SMILES string of the molecule is Cc1nc(C)c(CN=C(N)Nc2cccc(Oc3ccccc3)c2)s1.I. The molecule has 5 nitrogen and oxygen atoms in total. The fraction of sp³-hybridized carbons (Fsp3) is 0.158. The maximum atomic E-state index is 6.00. The van der Waals surface area contributed by atoms with Crippen LogP contribution in [0.2, 0.25) is 0 Å². The molecule has 0 unspecified atom stereocenters. The smallest absolute Gasteiger partial charge is 0.193 e. The van der Waals surface area contributed by atoms with E-state index in [1.807, 2.05) is 68.4 Å². The highest BCUT2D eigenvalue weighted by Crippen LogP contribution is 2.24. The normalized spacial score (nSPS) is 10.9. The predicted molar refractivity (Wildman–Crippen MR) is 119 cm³/mol. The molecule has 0 aliphatic carbocycles. The van der Waals surface area contributed by atoms with Gasteiger partial charge in [0, 0.05) is 16.6 Å². The van der Waals surface area contributed by atoms with Gasteiger partial charge in [-0.1, -0.05) is 24.3 Å². The number of nitrogens with zero attached hydrogens (tertiary/aromatic N) is 2. The van der Waals surface area contributed by atoms with Crippen molar-refractivity contribution >= 4 is 47.0 Å². The van der Waals surface area contributed by atoms with Gasteiger partial charge in [-0.3, -0.25) is 0 Å².